The number of nitrogens with zero attached hydrogens (tertiary/aromatic N) is 1. The normalized spacial score (nSPS) is 12.5. The van der Waals surface area contributed by atoms with Crippen molar-refractivity contribution in [3.05, 3.63) is 29.6 Å². The Bertz CT molecular complexity index is 388. The highest BCUT2D eigenvalue weighted by atomic mass is 19.1. The summed E-state index contributed by atoms with van der Waals surface area (Å²) in [6.07, 6.45) is 0. The summed E-state index contributed by atoms with van der Waals surface area (Å²) in [6.45, 7) is 4.08. The van der Waals surface area contributed by atoms with Crippen LogP contribution in [0.2, 0.25) is 0 Å². The molecule has 1 rings (SSSR count). The van der Waals surface area contributed by atoms with Gasteiger partial charge in [0.2, 0.25) is 0 Å². The summed E-state index contributed by atoms with van der Waals surface area (Å²) in [5.41, 5.74) is 6.81. The molecule has 0 aromatic heterocycles. The van der Waals surface area contributed by atoms with Gasteiger partial charge in [-0.1, -0.05) is 6.07 Å². The number of halogens is 1. The predicted molar refractivity (Wildman–Crippen MR) is 74.9 cm³/mol. The Morgan fingerprint density at radius 1 is 1.32 bits per heavy atom. The van der Waals surface area contributed by atoms with Gasteiger partial charge in [-0.25, -0.2) is 4.39 Å². The van der Waals surface area contributed by atoms with Crippen molar-refractivity contribution in [3.8, 4) is 0 Å². The van der Waals surface area contributed by atoms with Crippen molar-refractivity contribution in [2.75, 3.05) is 38.9 Å². The first-order chi connectivity index (χ1) is 9.13. The first-order valence-corrected chi connectivity index (χ1v) is 6.37. The molecule has 1 atom stereocenters. The third-order valence-corrected chi connectivity index (χ3v) is 3.06. The van der Waals surface area contributed by atoms with Crippen LogP contribution in [0.5, 0.6) is 0 Å². The summed E-state index contributed by atoms with van der Waals surface area (Å²) in [6, 6.07) is 5.27. The first-order valence-electron chi connectivity index (χ1n) is 6.37. The molecule has 1 aromatic rings. The van der Waals surface area contributed by atoms with E-state index in [1.165, 1.54) is 6.07 Å². The fourth-order valence-electron chi connectivity index (χ4n) is 2.01. The van der Waals surface area contributed by atoms with Gasteiger partial charge in [0.1, 0.15) is 5.82 Å². The maximum Gasteiger partial charge on any atom is 0.129 e. The number of methoxy groups -OCH3 is 2. The van der Waals surface area contributed by atoms with Crippen LogP contribution in [0.15, 0.2) is 18.2 Å². The Kier molecular flexibility index (Phi) is 6.77. The van der Waals surface area contributed by atoms with Crippen LogP contribution in [0.25, 0.3) is 0 Å². The van der Waals surface area contributed by atoms with E-state index in [4.69, 9.17) is 15.2 Å². The van der Waals surface area contributed by atoms with Gasteiger partial charge in [-0.3, -0.25) is 0 Å². The van der Waals surface area contributed by atoms with Crippen LogP contribution >= 0.6 is 0 Å². The molecule has 0 aliphatic carbocycles. The molecule has 19 heavy (non-hydrogen) atoms. The summed E-state index contributed by atoms with van der Waals surface area (Å²) < 4.78 is 24.1. The highest BCUT2D eigenvalue weighted by Crippen LogP contribution is 2.20. The number of rotatable bonds is 8. The van der Waals surface area contributed by atoms with Crippen LogP contribution in [0, 0.1) is 5.82 Å². The first kappa shape index (κ1) is 15.9. The SMILES string of the molecule is COCCN(c1ccc(CN)c(F)c1)C(C)COC. The zero-order valence-electron chi connectivity index (χ0n) is 11.9. The molecule has 0 saturated heterocycles. The summed E-state index contributed by atoms with van der Waals surface area (Å²) in [5, 5.41) is 0. The topological polar surface area (TPSA) is 47.7 Å². The fourth-order valence-corrected chi connectivity index (χ4v) is 2.01. The van der Waals surface area contributed by atoms with Crippen molar-refractivity contribution in [1.29, 1.82) is 0 Å². The third-order valence-electron chi connectivity index (χ3n) is 3.06. The Morgan fingerprint density at radius 2 is 2.05 bits per heavy atom. The van der Waals surface area contributed by atoms with Gasteiger partial charge in [-0.2, -0.15) is 0 Å². The van der Waals surface area contributed by atoms with Gasteiger partial charge in [-0.05, 0) is 19.1 Å². The second kappa shape index (κ2) is 8.09. The number of anilines is 1. The molecule has 2 N–H and O–H groups in total. The molecule has 0 radical (unpaired) electrons. The molecule has 1 unspecified atom stereocenters. The van der Waals surface area contributed by atoms with E-state index < -0.39 is 0 Å². The minimum atomic E-state index is -0.271. The Hall–Kier alpha value is -1.17. The minimum Gasteiger partial charge on any atom is -0.383 e. The average Bonchev–Trinajstić information content (AvgIpc) is 2.39. The van der Waals surface area contributed by atoms with Gasteiger partial charge < -0.3 is 20.1 Å². The molecular weight excluding hydrogens is 247 g/mol. The lowest BCUT2D eigenvalue weighted by molar-refractivity contribution is 0.171. The average molecular weight is 270 g/mol. The van der Waals surface area contributed by atoms with Gasteiger partial charge in [0, 0.05) is 44.6 Å². The molecule has 108 valence electrons. The van der Waals surface area contributed by atoms with E-state index in [1.807, 2.05) is 13.0 Å². The van der Waals surface area contributed by atoms with Crippen molar-refractivity contribution < 1.29 is 13.9 Å². The van der Waals surface area contributed by atoms with Crippen LogP contribution in [-0.4, -0.2) is 40.0 Å². The van der Waals surface area contributed by atoms with Gasteiger partial charge in [0.25, 0.3) is 0 Å². The highest BCUT2D eigenvalue weighted by molar-refractivity contribution is 5.49. The van der Waals surface area contributed by atoms with Crippen molar-refractivity contribution in [2.45, 2.75) is 19.5 Å². The van der Waals surface area contributed by atoms with Crippen molar-refractivity contribution >= 4 is 5.69 Å². The largest absolute Gasteiger partial charge is 0.383 e. The molecule has 0 fully saturated rings. The van der Waals surface area contributed by atoms with E-state index in [9.17, 15) is 4.39 Å². The van der Waals surface area contributed by atoms with Crippen molar-refractivity contribution in [3.63, 3.8) is 0 Å². The van der Waals surface area contributed by atoms with Gasteiger partial charge in [0.15, 0.2) is 0 Å². The van der Waals surface area contributed by atoms with Gasteiger partial charge in [0.05, 0.1) is 13.2 Å². The molecule has 0 heterocycles. The maximum absolute atomic E-state index is 13.8. The monoisotopic (exact) mass is 270 g/mol. The van der Waals surface area contributed by atoms with E-state index in [-0.39, 0.29) is 18.4 Å². The number of benzene rings is 1. The molecule has 0 bridgehead atoms. The molecule has 0 aliphatic heterocycles. The fraction of sp³-hybridized carbons (Fsp3) is 0.571. The quantitative estimate of drug-likeness (QED) is 0.782. The smallest absolute Gasteiger partial charge is 0.129 e. The van der Waals surface area contributed by atoms with E-state index in [0.29, 0.717) is 25.3 Å². The van der Waals surface area contributed by atoms with E-state index in [0.717, 1.165) is 5.69 Å². The maximum atomic E-state index is 13.8. The molecule has 0 amide bonds. The number of ether oxygens (including phenoxy) is 2. The zero-order valence-corrected chi connectivity index (χ0v) is 11.9. The van der Waals surface area contributed by atoms with Crippen LogP contribution < -0.4 is 10.6 Å². The van der Waals surface area contributed by atoms with Crippen LogP contribution in [0.3, 0.4) is 0 Å². The second-order valence-electron chi connectivity index (χ2n) is 4.47. The van der Waals surface area contributed by atoms with E-state index in [2.05, 4.69) is 4.90 Å². The lowest BCUT2D eigenvalue weighted by atomic mass is 10.1. The molecular formula is C14H23FN2O2. The summed E-state index contributed by atoms with van der Waals surface area (Å²) >= 11 is 0. The minimum absolute atomic E-state index is 0.142. The lowest BCUT2D eigenvalue weighted by Gasteiger charge is -2.31. The molecule has 4 nitrogen and oxygen atoms in total. The third kappa shape index (κ3) is 4.45. The standard InChI is InChI=1S/C14H23FN2O2/c1-11(10-19-3)17(6-7-18-2)13-5-4-12(9-16)14(15)8-13/h4-5,8,11H,6-7,9-10,16H2,1-3H3. The zero-order chi connectivity index (χ0) is 14.3. The molecule has 0 spiro atoms. The van der Waals surface area contributed by atoms with Crippen molar-refractivity contribution in [2.24, 2.45) is 5.73 Å². The second-order valence-corrected chi connectivity index (χ2v) is 4.47. The van der Waals surface area contributed by atoms with Crippen LogP contribution in [0.1, 0.15) is 12.5 Å². The highest BCUT2D eigenvalue weighted by Gasteiger charge is 2.15. The van der Waals surface area contributed by atoms with Gasteiger partial charge >= 0.3 is 0 Å². The van der Waals surface area contributed by atoms with E-state index >= 15 is 0 Å². The molecule has 5 heteroatoms. The summed E-state index contributed by atoms with van der Waals surface area (Å²) in [7, 11) is 3.31. The molecule has 0 saturated carbocycles. The lowest BCUT2D eigenvalue weighted by Crippen LogP contribution is -2.38. The molecule has 1 aromatic carbocycles. The van der Waals surface area contributed by atoms with E-state index in [1.54, 1.807) is 20.3 Å². The Balaban J connectivity index is 2.92. The van der Waals surface area contributed by atoms with Crippen LogP contribution in [0.4, 0.5) is 10.1 Å². The Morgan fingerprint density at radius 3 is 2.58 bits per heavy atom. The summed E-state index contributed by atoms with van der Waals surface area (Å²) in [4.78, 5) is 2.07. The summed E-state index contributed by atoms with van der Waals surface area (Å²) in [5.74, 6) is -0.271. The van der Waals surface area contributed by atoms with Gasteiger partial charge in [-0.15, -0.1) is 0 Å². The number of hydrogen-bond donors (Lipinski definition) is 1. The Labute approximate surface area is 114 Å². The van der Waals surface area contributed by atoms with Crippen LogP contribution in [-0.2, 0) is 16.0 Å². The molecule has 0 aliphatic rings. The predicted octanol–water partition coefficient (Wildman–Crippen LogP) is 1.77. The number of hydrogen-bond acceptors (Lipinski definition) is 4. The number of nitrogens with two attached hydrogens (primary N) is 1. The van der Waals surface area contributed by atoms with Crippen molar-refractivity contribution in [1.82, 2.24) is 0 Å².